The molecule has 98 valence electrons. The van der Waals surface area contributed by atoms with Crippen molar-refractivity contribution in [2.24, 2.45) is 0 Å². The van der Waals surface area contributed by atoms with E-state index in [0.29, 0.717) is 6.54 Å². The lowest BCUT2D eigenvalue weighted by Crippen LogP contribution is -2.33. The SMILES string of the molecule is Nc1cc(N2CCn3cnnc3C2)ccc1[N+](=O)[O-]. The maximum atomic E-state index is 10.7. The van der Waals surface area contributed by atoms with E-state index in [2.05, 4.69) is 15.1 Å². The van der Waals surface area contributed by atoms with Gasteiger partial charge >= 0.3 is 0 Å². The van der Waals surface area contributed by atoms with E-state index in [-0.39, 0.29) is 11.4 Å². The number of nitrogens with two attached hydrogens (primary N) is 1. The van der Waals surface area contributed by atoms with Crippen LogP contribution in [0.2, 0.25) is 0 Å². The summed E-state index contributed by atoms with van der Waals surface area (Å²) >= 11 is 0. The second-order valence-electron chi connectivity index (χ2n) is 4.36. The largest absolute Gasteiger partial charge is 0.393 e. The van der Waals surface area contributed by atoms with E-state index in [1.165, 1.54) is 6.07 Å². The molecule has 0 fully saturated rings. The van der Waals surface area contributed by atoms with Gasteiger partial charge in [-0.2, -0.15) is 0 Å². The predicted molar refractivity (Wildman–Crippen MR) is 68.6 cm³/mol. The fourth-order valence-electron chi connectivity index (χ4n) is 2.19. The van der Waals surface area contributed by atoms with E-state index in [4.69, 9.17) is 5.73 Å². The van der Waals surface area contributed by atoms with Gasteiger partial charge in [-0.15, -0.1) is 10.2 Å². The molecule has 1 aromatic carbocycles. The number of nitro benzene ring substituents is 1. The maximum Gasteiger partial charge on any atom is 0.292 e. The quantitative estimate of drug-likeness (QED) is 0.486. The highest BCUT2D eigenvalue weighted by atomic mass is 16.6. The highest BCUT2D eigenvalue weighted by Gasteiger charge is 2.19. The fourth-order valence-corrected chi connectivity index (χ4v) is 2.19. The Morgan fingerprint density at radius 3 is 2.95 bits per heavy atom. The minimum Gasteiger partial charge on any atom is -0.393 e. The summed E-state index contributed by atoms with van der Waals surface area (Å²) < 4.78 is 1.99. The van der Waals surface area contributed by atoms with Gasteiger partial charge in [0.05, 0.1) is 11.5 Å². The Labute approximate surface area is 108 Å². The van der Waals surface area contributed by atoms with Crippen LogP contribution in [0.4, 0.5) is 17.1 Å². The Morgan fingerprint density at radius 1 is 1.37 bits per heavy atom. The first-order valence-electron chi connectivity index (χ1n) is 5.80. The van der Waals surface area contributed by atoms with Gasteiger partial charge in [0.25, 0.3) is 5.69 Å². The lowest BCUT2D eigenvalue weighted by molar-refractivity contribution is -0.383. The van der Waals surface area contributed by atoms with Crippen LogP contribution in [-0.4, -0.2) is 26.2 Å². The topological polar surface area (TPSA) is 103 Å². The van der Waals surface area contributed by atoms with Crippen molar-refractivity contribution < 1.29 is 4.92 Å². The van der Waals surface area contributed by atoms with Crippen LogP contribution in [0.5, 0.6) is 0 Å². The zero-order valence-electron chi connectivity index (χ0n) is 10.1. The molecule has 0 saturated carbocycles. The Bertz CT molecular complexity index is 638. The van der Waals surface area contributed by atoms with Crippen LogP contribution in [0.3, 0.4) is 0 Å². The predicted octanol–water partition coefficient (Wildman–Crippen LogP) is 0.789. The Balaban J connectivity index is 1.88. The average molecular weight is 260 g/mol. The third-order valence-electron chi connectivity index (χ3n) is 3.21. The number of hydrogen-bond acceptors (Lipinski definition) is 6. The van der Waals surface area contributed by atoms with Crippen molar-refractivity contribution in [1.82, 2.24) is 14.8 Å². The molecule has 0 amide bonds. The van der Waals surface area contributed by atoms with Crippen molar-refractivity contribution >= 4 is 17.1 Å². The second kappa shape index (κ2) is 4.23. The monoisotopic (exact) mass is 260 g/mol. The van der Waals surface area contributed by atoms with Gasteiger partial charge in [-0.3, -0.25) is 10.1 Å². The highest BCUT2D eigenvalue weighted by molar-refractivity contribution is 5.66. The minimum atomic E-state index is -0.480. The molecule has 2 N–H and O–H groups in total. The van der Waals surface area contributed by atoms with Crippen LogP contribution in [0.25, 0.3) is 0 Å². The fraction of sp³-hybridized carbons (Fsp3) is 0.273. The maximum absolute atomic E-state index is 10.7. The van der Waals surface area contributed by atoms with Crippen molar-refractivity contribution in [3.8, 4) is 0 Å². The molecule has 2 aromatic rings. The molecule has 0 spiro atoms. The van der Waals surface area contributed by atoms with Crippen LogP contribution in [0.15, 0.2) is 24.5 Å². The highest BCUT2D eigenvalue weighted by Crippen LogP contribution is 2.28. The Morgan fingerprint density at radius 2 is 2.21 bits per heavy atom. The first-order chi connectivity index (χ1) is 9.15. The van der Waals surface area contributed by atoms with Gasteiger partial charge in [0.1, 0.15) is 12.0 Å². The summed E-state index contributed by atoms with van der Waals surface area (Å²) in [4.78, 5) is 12.3. The minimum absolute atomic E-state index is 0.0658. The molecule has 0 radical (unpaired) electrons. The van der Waals surface area contributed by atoms with Crippen LogP contribution in [0.1, 0.15) is 5.82 Å². The third-order valence-corrected chi connectivity index (χ3v) is 3.21. The van der Waals surface area contributed by atoms with Crippen molar-refractivity contribution in [3.05, 3.63) is 40.5 Å². The Kier molecular flexibility index (Phi) is 2.55. The van der Waals surface area contributed by atoms with Crippen molar-refractivity contribution in [3.63, 3.8) is 0 Å². The van der Waals surface area contributed by atoms with Crippen LogP contribution in [0, 0.1) is 10.1 Å². The molecule has 0 atom stereocenters. The van der Waals surface area contributed by atoms with Gasteiger partial charge in [0.2, 0.25) is 0 Å². The van der Waals surface area contributed by atoms with Crippen LogP contribution < -0.4 is 10.6 Å². The van der Waals surface area contributed by atoms with E-state index < -0.39 is 4.92 Å². The summed E-state index contributed by atoms with van der Waals surface area (Å²) in [6.45, 7) is 2.21. The smallest absolute Gasteiger partial charge is 0.292 e. The van der Waals surface area contributed by atoms with Crippen molar-refractivity contribution in [1.29, 1.82) is 0 Å². The van der Waals surface area contributed by atoms with Gasteiger partial charge in [0, 0.05) is 24.8 Å². The van der Waals surface area contributed by atoms with E-state index in [0.717, 1.165) is 24.6 Å². The molecule has 0 saturated heterocycles. The average Bonchev–Trinajstić information content (AvgIpc) is 2.85. The van der Waals surface area contributed by atoms with Crippen LogP contribution in [-0.2, 0) is 13.1 Å². The van der Waals surface area contributed by atoms with Crippen LogP contribution >= 0.6 is 0 Å². The first-order valence-corrected chi connectivity index (χ1v) is 5.80. The number of fused-ring (bicyclic) bond motifs is 1. The second-order valence-corrected chi connectivity index (χ2v) is 4.36. The molecule has 2 heterocycles. The molecule has 1 aromatic heterocycles. The molecular weight excluding hydrogens is 248 g/mol. The summed E-state index contributed by atoms with van der Waals surface area (Å²) in [5.41, 5.74) is 6.67. The van der Waals surface area contributed by atoms with Gasteiger partial charge in [-0.25, -0.2) is 0 Å². The summed E-state index contributed by atoms with van der Waals surface area (Å²) in [7, 11) is 0. The molecule has 0 bridgehead atoms. The zero-order valence-corrected chi connectivity index (χ0v) is 10.1. The molecule has 0 unspecified atom stereocenters. The molecule has 1 aliphatic rings. The number of anilines is 2. The number of rotatable bonds is 2. The van der Waals surface area contributed by atoms with E-state index >= 15 is 0 Å². The summed E-state index contributed by atoms with van der Waals surface area (Å²) in [6, 6.07) is 4.77. The standard InChI is InChI=1S/C11H12N6O2/c12-9-5-8(1-2-10(9)17(18)19)15-3-4-16-7-13-14-11(16)6-15/h1-2,5,7H,3-4,6,12H2. The molecule has 19 heavy (non-hydrogen) atoms. The van der Waals surface area contributed by atoms with E-state index in [1.54, 1.807) is 18.5 Å². The third kappa shape index (κ3) is 1.96. The number of aromatic nitrogens is 3. The zero-order chi connectivity index (χ0) is 13.4. The molecule has 8 heteroatoms. The van der Waals surface area contributed by atoms with Gasteiger partial charge in [-0.1, -0.05) is 0 Å². The lowest BCUT2D eigenvalue weighted by Gasteiger charge is -2.29. The summed E-state index contributed by atoms with van der Waals surface area (Å²) in [5.74, 6) is 0.878. The van der Waals surface area contributed by atoms with Crippen molar-refractivity contribution in [2.75, 3.05) is 17.2 Å². The number of hydrogen-bond donors (Lipinski definition) is 1. The lowest BCUT2D eigenvalue weighted by atomic mass is 10.2. The van der Waals surface area contributed by atoms with E-state index in [9.17, 15) is 10.1 Å². The molecule has 1 aliphatic heterocycles. The molecule has 0 aliphatic carbocycles. The number of benzene rings is 1. The van der Waals surface area contributed by atoms with Gasteiger partial charge in [0.15, 0.2) is 5.82 Å². The molecule has 8 nitrogen and oxygen atoms in total. The van der Waals surface area contributed by atoms with Gasteiger partial charge in [-0.05, 0) is 12.1 Å². The van der Waals surface area contributed by atoms with Crippen molar-refractivity contribution in [2.45, 2.75) is 13.1 Å². The summed E-state index contributed by atoms with van der Waals surface area (Å²) in [5, 5.41) is 18.6. The molecular formula is C11H12N6O2. The Hall–Kier alpha value is -2.64. The number of nitrogen functional groups attached to an aromatic ring is 1. The normalized spacial score (nSPS) is 14.2. The van der Waals surface area contributed by atoms with Gasteiger partial charge < -0.3 is 15.2 Å². The number of nitrogens with zero attached hydrogens (tertiary/aromatic N) is 5. The molecule has 3 rings (SSSR count). The van der Waals surface area contributed by atoms with E-state index in [1.807, 2.05) is 4.57 Å². The number of nitro groups is 1. The first kappa shape index (κ1) is 11.5. The summed E-state index contributed by atoms with van der Waals surface area (Å²) in [6.07, 6.45) is 1.71.